The van der Waals surface area contributed by atoms with Gasteiger partial charge >= 0.3 is 0 Å². The lowest BCUT2D eigenvalue weighted by molar-refractivity contribution is 0.654. The number of benzene rings is 7. The summed E-state index contributed by atoms with van der Waals surface area (Å²) in [5.74, 6) is 0.945. The van der Waals surface area contributed by atoms with Gasteiger partial charge in [-0.3, -0.25) is 0 Å². The summed E-state index contributed by atoms with van der Waals surface area (Å²) in [6.45, 7) is 23.6. The molecule has 2 nitrogen and oxygen atoms in total. The Morgan fingerprint density at radius 1 is 0.508 bits per heavy atom. The van der Waals surface area contributed by atoms with Gasteiger partial charge in [0.05, 0.1) is 16.6 Å². The van der Waals surface area contributed by atoms with Crippen molar-refractivity contribution in [3.8, 4) is 44.8 Å². The van der Waals surface area contributed by atoms with Crippen molar-refractivity contribution in [1.82, 2.24) is 9.13 Å². The van der Waals surface area contributed by atoms with Crippen LogP contribution in [0.3, 0.4) is 0 Å². The van der Waals surface area contributed by atoms with E-state index in [1.165, 1.54) is 122 Å². The van der Waals surface area contributed by atoms with E-state index in [1.54, 1.807) is 0 Å². The molecule has 9 aromatic rings. The van der Waals surface area contributed by atoms with Gasteiger partial charge in [0.1, 0.15) is 0 Å². The van der Waals surface area contributed by atoms with Crippen molar-refractivity contribution in [3.05, 3.63) is 184 Å². The molecular weight excluding hydrogens is 761 g/mol. The van der Waals surface area contributed by atoms with Crippen LogP contribution in [0.4, 0.5) is 0 Å². The van der Waals surface area contributed by atoms with Gasteiger partial charge in [-0.25, -0.2) is 0 Å². The molecule has 0 spiro atoms. The summed E-state index contributed by atoms with van der Waals surface area (Å²) < 4.78 is 5.02. The lowest BCUT2D eigenvalue weighted by Crippen LogP contribution is -2.19. The Bertz CT molecular complexity index is 3390. The third kappa shape index (κ3) is 5.62. The number of nitrogens with zero attached hydrogens (tertiary/aromatic N) is 2. The Hall–Kier alpha value is -6.38. The van der Waals surface area contributed by atoms with Crippen LogP contribution in [0.25, 0.3) is 83.5 Å². The van der Waals surface area contributed by atoms with Crippen molar-refractivity contribution < 1.29 is 0 Å². The van der Waals surface area contributed by atoms with Crippen LogP contribution in [0.1, 0.15) is 114 Å². The average Bonchev–Trinajstić information content (AvgIpc) is 3.92. The molecule has 2 heteroatoms. The Morgan fingerprint density at radius 3 is 1.54 bits per heavy atom. The highest BCUT2D eigenvalue weighted by Crippen LogP contribution is 2.57. The van der Waals surface area contributed by atoms with Gasteiger partial charge in [0.15, 0.2) is 0 Å². The number of aryl methyl sites for hydroxylation is 1. The van der Waals surface area contributed by atoms with E-state index >= 15 is 0 Å². The highest BCUT2D eigenvalue weighted by atomic mass is 15.0. The Kier molecular flexibility index (Phi) is 8.81. The van der Waals surface area contributed by atoms with Crippen LogP contribution in [0.5, 0.6) is 0 Å². The minimum atomic E-state index is -0.228. The van der Waals surface area contributed by atoms with Gasteiger partial charge in [-0.15, -0.1) is 0 Å². The molecule has 11 rings (SSSR count). The van der Waals surface area contributed by atoms with Crippen LogP contribution >= 0.6 is 0 Å². The average molecular weight is 819 g/mol. The summed E-state index contributed by atoms with van der Waals surface area (Å²) in [7, 11) is 0. The maximum atomic E-state index is 2.52. The molecule has 63 heavy (non-hydrogen) atoms. The molecule has 312 valence electrons. The predicted molar refractivity (Wildman–Crippen MR) is 270 cm³/mol. The summed E-state index contributed by atoms with van der Waals surface area (Å²) in [6, 6.07) is 53.4. The number of para-hydroxylation sites is 2. The zero-order valence-electron chi connectivity index (χ0n) is 38.6. The molecule has 2 aromatic heterocycles. The number of fused-ring (bicyclic) bond motifs is 10. The molecule has 0 radical (unpaired) electrons. The zero-order valence-corrected chi connectivity index (χ0v) is 38.6. The van der Waals surface area contributed by atoms with Crippen molar-refractivity contribution in [3.63, 3.8) is 0 Å². The van der Waals surface area contributed by atoms with Crippen molar-refractivity contribution in [2.75, 3.05) is 0 Å². The van der Waals surface area contributed by atoms with Crippen molar-refractivity contribution >= 4 is 38.8 Å². The van der Waals surface area contributed by atoms with Crippen molar-refractivity contribution in [2.24, 2.45) is 5.92 Å². The Balaban J connectivity index is 1.05. The molecular formula is C61H58N2. The summed E-state index contributed by atoms with van der Waals surface area (Å²) in [5, 5.41) is 3.92. The number of hydrogen-bond acceptors (Lipinski definition) is 0. The lowest BCUT2D eigenvalue weighted by atomic mass is 9.74. The molecule has 0 atom stereocenters. The molecule has 0 amide bonds. The quantitative estimate of drug-likeness (QED) is 0.152. The van der Waals surface area contributed by atoms with Crippen LogP contribution in [-0.4, -0.2) is 9.13 Å². The molecule has 0 N–H and O–H groups in total. The maximum Gasteiger partial charge on any atom is 0.0543 e. The van der Waals surface area contributed by atoms with E-state index in [0.717, 1.165) is 6.42 Å². The molecule has 0 saturated carbocycles. The van der Waals surface area contributed by atoms with Gasteiger partial charge in [0.25, 0.3) is 0 Å². The first-order valence-corrected chi connectivity index (χ1v) is 23.2. The smallest absolute Gasteiger partial charge is 0.0543 e. The topological polar surface area (TPSA) is 9.86 Å². The number of hydrogen-bond donors (Lipinski definition) is 0. The fraction of sp³-hybridized carbons (Fsp3) is 0.246. The normalized spacial score (nSPS) is 14.9. The van der Waals surface area contributed by atoms with Crippen LogP contribution in [0, 0.1) is 12.8 Å². The van der Waals surface area contributed by atoms with Crippen LogP contribution in [-0.2, 0) is 10.8 Å². The summed E-state index contributed by atoms with van der Waals surface area (Å²) in [5.41, 5.74) is 24.9. The molecule has 0 unspecified atom stereocenters. The summed E-state index contributed by atoms with van der Waals surface area (Å²) >= 11 is 0. The zero-order chi connectivity index (χ0) is 43.7. The number of allylic oxidation sites excluding steroid dienone is 1. The molecule has 0 fully saturated rings. The van der Waals surface area contributed by atoms with Gasteiger partial charge in [0, 0.05) is 44.1 Å². The summed E-state index contributed by atoms with van der Waals surface area (Å²) in [4.78, 5) is 0. The molecule has 0 bridgehead atoms. The first-order valence-electron chi connectivity index (χ1n) is 23.2. The minimum absolute atomic E-state index is 0.227. The third-order valence-electron chi connectivity index (χ3n) is 15.1. The van der Waals surface area contributed by atoms with Gasteiger partial charge in [0.2, 0.25) is 0 Å². The second-order valence-electron chi connectivity index (χ2n) is 20.0. The third-order valence-corrected chi connectivity index (χ3v) is 15.1. The fourth-order valence-corrected chi connectivity index (χ4v) is 11.8. The molecule has 2 heterocycles. The van der Waals surface area contributed by atoms with Crippen molar-refractivity contribution in [2.45, 2.75) is 92.4 Å². The molecule has 7 aromatic carbocycles. The lowest BCUT2D eigenvalue weighted by Gasteiger charge is -2.29. The van der Waals surface area contributed by atoms with Gasteiger partial charge < -0.3 is 9.13 Å². The van der Waals surface area contributed by atoms with Crippen molar-refractivity contribution in [1.29, 1.82) is 0 Å². The second kappa shape index (κ2) is 14.1. The molecule has 2 aliphatic rings. The van der Waals surface area contributed by atoms with E-state index in [9.17, 15) is 0 Å². The van der Waals surface area contributed by atoms with E-state index in [0.29, 0.717) is 11.8 Å². The van der Waals surface area contributed by atoms with E-state index in [4.69, 9.17) is 0 Å². The van der Waals surface area contributed by atoms with E-state index in [1.807, 2.05) is 0 Å². The first kappa shape index (κ1) is 39.5. The Labute approximate surface area is 373 Å². The Morgan fingerprint density at radius 2 is 1.00 bits per heavy atom. The maximum absolute atomic E-state index is 2.52. The molecule has 0 aliphatic heterocycles. The minimum Gasteiger partial charge on any atom is -0.310 e. The van der Waals surface area contributed by atoms with E-state index in [-0.39, 0.29) is 10.8 Å². The molecule has 0 saturated heterocycles. The summed E-state index contributed by atoms with van der Waals surface area (Å²) in [6.07, 6.45) is 3.51. The van der Waals surface area contributed by atoms with Gasteiger partial charge in [-0.1, -0.05) is 165 Å². The van der Waals surface area contributed by atoms with Gasteiger partial charge in [-0.05, 0) is 140 Å². The fourth-order valence-electron chi connectivity index (χ4n) is 11.8. The van der Waals surface area contributed by atoms with Crippen LogP contribution in [0.15, 0.2) is 145 Å². The second-order valence-corrected chi connectivity index (χ2v) is 20.0. The monoisotopic (exact) mass is 818 g/mol. The van der Waals surface area contributed by atoms with Crippen LogP contribution in [0.2, 0.25) is 0 Å². The predicted octanol–water partition coefficient (Wildman–Crippen LogP) is 16.9. The standard InChI is InChI=1S/C61H58N2/c1-11-39(36(2)3)32-56-38(6)43-18-12-14-24-54(43)62(56)41-27-30-44-48-20-16-22-50(58(48)60(7,8)52(44)34-41)51-23-17-21-49-45-31-28-42(35-53(45)61(9,10)59(49)51)63-55-25-15-13-19-46(55)47-29-26-40(37(4)5)33-57(47)63/h12-37H,11H2,1-10H3/b39-32+. The SMILES string of the molecule is CC/C(=C\c1c(C)c2ccccc2n1-c1ccc2c(c1)C(C)(C)c1c-2cccc1-c1cccc2c1C(C)(C)c1cc(-n3c4ccccc4c4ccc(C(C)C)cc43)ccc1-2)C(C)C. The van der Waals surface area contributed by atoms with Crippen LogP contribution < -0.4 is 0 Å². The first-order chi connectivity index (χ1) is 30.3. The van der Waals surface area contributed by atoms with E-state index < -0.39 is 0 Å². The van der Waals surface area contributed by atoms with Gasteiger partial charge in [-0.2, -0.15) is 0 Å². The number of rotatable bonds is 7. The molecule has 2 aliphatic carbocycles. The highest BCUT2D eigenvalue weighted by Gasteiger charge is 2.42. The van der Waals surface area contributed by atoms with E-state index in [2.05, 4.69) is 224 Å². The largest absolute Gasteiger partial charge is 0.310 e. The number of aromatic nitrogens is 2. The highest BCUT2D eigenvalue weighted by molar-refractivity contribution is 6.09.